The second-order valence-corrected chi connectivity index (χ2v) is 7.59. The summed E-state index contributed by atoms with van der Waals surface area (Å²) in [5, 5.41) is 0. The Labute approximate surface area is 160 Å². The Morgan fingerprint density at radius 1 is 0.964 bits per heavy atom. The zero-order chi connectivity index (χ0) is 20.1. The molecule has 0 fully saturated rings. The number of ether oxygens (including phenoxy) is 1. The van der Waals surface area contributed by atoms with Crippen molar-refractivity contribution in [2.24, 2.45) is 0 Å². The third kappa shape index (κ3) is 5.61. The van der Waals surface area contributed by atoms with E-state index in [2.05, 4.69) is 0 Å². The molecule has 0 saturated heterocycles. The summed E-state index contributed by atoms with van der Waals surface area (Å²) in [5.41, 5.74) is 1.15. The van der Waals surface area contributed by atoms with Gasteiger partial charge in [0.2, 0.25) is 0 Å². The van der Waals surface area contributed by atoms with Gasteiger partial charge in [-0.05, 0) is 35.4 Å². The standard InChI is InChI=1S/C18H18N2O7S/c1-28(23,24)27-16-8-2-13(3-9-16)10-11-25-15-6-4-14(5-7-15)12-20-17(21)19-18(22)26-20/h2-9H,10-12H2,1H3,(H,19,21,22). The fourth-order valence-electron chi connectivity index (χ4n) is 2.45. The summed E-state index contributed by atoms with van der Waals surface area (Å²) in [7, 11) is -3.53. The Morgan fingerprint density at radius 3 is 2.14 bits per heavy atom. The van der Waals surface area contributed by atoms with E-state index in [0.29, 0.717) is 18.8 Å². The van der Waals surface area contributed by atoms with Crippen LogP contribution in [0.25, 0.3) is 0 Å². The molecule has 3 aromatic rings. The van der Waals surface area contributed by atoms with E-state index in [1.807, 2.05) is 4.98 Å². The summed E-state index contributed by atoms with van der Waals surface area (Å²) < 4.78 is 38.3. The molecule has 9 nitrogen and oxygen atoms in total. The van der Waals surface area contributed by atoms with Crippen molar-refractivity contribution in [2.45, 2.75) is 13.0 Å². The van der Waals surface area contributed by atoms with E-state index in [0.717, 1.165) is 22.1 Å². The Bertz CT molecular complexity index is 1140. The van der Waals surface area contributed by atoms with E-state index in [-0.39, 0.29) is 12.3 Å². The highest BCUT2D eigenvalue weighted by Gasteiger charge is 2.05. The first-order valence-corrected chi connectivity index (χ1v) is 10.1. The van der Waals surface area contributed by atoms with E-state index in [1.54, 1.807) is 48.5 Å². The van der Waals surface area contributed by atoms with Crippen LogP contribution in [-0.4, -0.2) is 31.0 Å². The molecule has 0 aliphatic rings. The first kappa shape index (κ1) is 19.5. The lowest BCUT2D eigenvalue weighted by Gasteiger charge is -2.08. The number of aromatic nitrogens is 2. The number of nitrogens with zero attached hydrogens (tertiary/aromatic N) is 1. The van der Waals surface area contributed by atoms with Crippen molar-refractivity contribution in [1.82, 2.24) is 9.72 Å². The molecule has 1 heterocycles. The van der Waals surface area contributed by atoms with Crippen LogP contribution >= 0.6 is 0 Å². The molecule has 10 heteroatoms. The first-order valence-electron chi connectivity index (χ1n) is 8.29. The zero-order valence-electron chi connectivity index (χ0n) is 15.0. The average Bonchev–Trinajstić information content (AvgIpc) is 2.94. The average molecular weight is 406 g/mol. The van der Waals surface area contributed by atoms with Crippen molar-refractivity contribution >= 4 is 10.1 Å². The number of hydrogen-bond donors (Lipinski definition) is 1. The molecule has 0 spiro atoms. The molecule has 0 atom stereocenters. The maximum atomic E-state index is 11.4. The molecule has 1 N–H and O–H groups in total. The number of rotatable bonds is 8. The van der Waals surface area contributed by atoms with E-state index in [4.69, 9.17) is 13.4 Å². The van der Waals surface area contributed by atoms with Crippen molar-refractivity contribution in [1.29, 1.82) is 0 Å². The Kier molecular flexibility index (Phi) is 5.69. The van der Waals surface area contributed by atoms with Crippen LogP contribution in [-0.2, 0) is 23.1 Å². The summed E-state index contributed by atoms with van der Waals surface area (Å²) in [5.74, 6) is 0.129. The highest BCUT2D eigenvalue weighted by Crippen LogP contribution is 2.16. The fourth-order valence-corrected chi connectivity index (χ4v) is 2.91. The van der Waals surface area contributed by atoms with Gasteiger partial charge < -0.3 is 13.4 Å². The normalized spacial score (nSPS) is 11.3. The van der Waals surface area contributed by atoms with Crippen LogP contribution in [0.5, 0.6) is 11.5 Å². The van der Waals surface area contributed by atoms with Crippen LogP contribution in [0.2, 0.25) is 0 Å². The molecule has 0 amide bonds. The molecule has 0 aliphatic carbocycles. The lowest BCUT2D eigenvalue weighted by Crippen LogP contribution is -2.17. The van der Waals surface area contributed by atoms with E-state index in [1.165, 1.54) is 0 Å². The van der Waals surface area contributed by atoms with E-state index in [9.17, 15) is 18.0 Å². The van der Waals surface area contributed by atoms with Crippen LogP contribution < -0.4 is 20.4 Å². The highest BCUT2D eigenvalue weighted by molar-refractivity contribution is 7.86. The van der Waals surface area contributed by atoms with Crippen molar-refractivity contribution in [3.05, 3.63) is 80.7 Å². The summed E-state index contributed by atoms with van der Waals surface area (Å²) in [6.45, 7) is 0.567. The lowest BCUT2D eigenvalue weighted by molar-refractivity contribution is 0.258. The largest absolute Gasteiger partial charge is 0.493 e. The maximum Gasteiger partial charge on any atom is 0.440 e. The second-order valence-electron chi connectivity index (χ2n) is 6.02. The molecule has 0 saturated carbocycles. The molecule has 28 heavy (non-hydrogen) atoms. The van der Waals surface area contributed by atoms with Gasteiger partial charge in [0, 0.05) is 6.42 Å². The van der Waals surface area contributed by atoms with Gasteiger partial charge in [0.25, 0.3) is 0 Å². The third-order valence-electron chi connectivity index (χ3n) is 3.71. The van der Waals surface area contributed by atoms with Crippen molar-refractivity contribution in [2.75, 3.05) is 12.9 Å². The summed E-state index contributed by atoms with van der Waals surface area (Å²) in [4.78, 5) is 24.4. The van der Waals surface area contributed by atoms with Gasteiger partial charge >= 0.3 is 21.6 Å². The second kappa shape index (κ2) is 8.17. The molecule has 0 unspecified atom stereocenters. The van der Waals surface area contributed by atoms with Gasteiger partial charge in [-0.3, -0.25) is 0 Å². The number of nitrogens with one attached hydrogen (secondary N) is 1. The lowest BCUT2D eigenvalue weighted by atomic mass is 10.1. The Balaban J connectivity index is 1.50. The van der Waals surface area contributed by atoms with Crippen LogP contribution in [0.15, 0.2) is 62.6 Å². The summed E-state index contributed by atoms with van der Waals surface area (Å²) in [6.07, 6.45) is 1.62. The van der Waals surface area contributed by atoms with Gasteiger partial charge in [-0.25, -0.2) is 14.6 Å². The van der Waals surface area contributed by atoms with Crippen molar-refractivity contribution < 1.29 is 21.9 Å². The molecular formula is C18H18N2O7S. The smallest absolute Gasteiger partial charge is 0.440 e. The minimum Gasteiger partial charge on any atom is -0.493 e. The van der Waals surface area contributed by atoms with Gasteiger partial charge in [-0.15, -0.1) is 4.74 Å². The predicted octanol–water partition coefficient (Wildman–Crippen LogP) is 1.14. The van der Waals surface area contributed by atoms with Gasteiger partial charge in [0.15, 0.2) is 0 Å². The molecule has 0 bridgehead atoms. The highest BCUT2D eigenvalue weighted by atomic mass is 32.2. The SMILES string of the molecule is CS(=O)(=O)Oc1ccc(CCOc2ccc(Cn3oc(=O)[nH]c3=O)cc2)cc1. The minimum atomic E-state index is -3.53. The summed E-state index contributed by atoms with van der Waals surface area (Å²) in [6, 6.07) is 13.8. The predicted molar refractivity (Wildman–Crippen MR) is 100 cm³/mol. The molecule has 148 valence electrons. The molecule has 3 rings (SSSR count). The van der Waals surface area contributed by atoms with E-state index >= 15 is 0 Å². The van der Waals surface area contributed by atoms with Crippen LogP contribution in [0, 0.1) is 0 Å². The van der Waals surface area contributed by atoms with Crippen LogP contribution in [0.4, 0.5) is 0 Å². The quantitative estimate of drug-likeness (QED) is 0.557. The third-order valence-corrected chi connectivity index (χ3v) is 4.20. The van der Waals surface area contributed by atoms with Crippen molar-refractivity contribution in [3.63, 3.8) is 0 Å². The number of benzene rings is 2. The Hall–Kier alpha value is -3.27. The van der Waals surface area contributed by atoms with Gasteiger partial charge in [0.1, 0.15) is 11.5 Å². The molecule has 0 aliphatic heterocycles. The zero-order valence-corrected chi connectivity index (χ0v) is 15.8. The number of H-pyrrole nitrogens is 1. The molecule has 1 aromatic heterocycles. The molecule has 0 radical (unpaired) electrons. The van der Waals surface area contributed by atoms with Gasteiger partial charge in [0.05, 0.1) is 19.4 Å². The van der Waals surface area contributed by atoms with Gasteiger partial charge in [-0.1, -0.05) is 24.3 Å². The van der Waals surface area contributed by atoms with Crippen molar-refractivity contribution in [3.8, 4) is 11.5 Å². The fraction of sp³-hybridized carbons (Fsp3) is 0.222. The topological polar surface area (TPSA) is 121 Å². The van der Waals surface area contributed by atoms with Crippen LogP contribution in [0.3, 0.4) is 0 Å². The van der Waals surface area contributed by atoms with Crippen LogP contribution in [0.1, 0.15) is 11.1 Å². The monoisotopic (exact) mass is 406 g/mol. The summed E-state index contributed by atoms with van der Waals surface area (Å²) >= 11 is 0. The first-order chi connectivity index (χ1) is 13.3. The van der Waals surface area contributed by atoms with Gasteiger partial charge in [-0.2, -0.15) is 8.42 Å². The number of hydrogen-bond acceptors (Lipinski definition) is 7. The Morgan fingerprint density at radius 2 is 1.57 bits per heavy atom. The minimum absolute atomic E-state index is 0.139. The maximum absolute atomic E-state index is 11.4. The molecular weight excluding hydrogens is 388 g/mol. The number of aromatic amines is 1. The molecule has 2 aromatic carbocycles. The van der Waals surface area contributed by atoms with E-state index < -0.39 is 21.6 Å².